The van der Waals surface area contributed by atoms with Crippen molar-refractivity contribution in [1.29, 1.82) is 0 Å². The minimum atomic E-state index is -4.20. The van der Waals surface area contributed by atoms with E-state index in [-0.39, 0.29) is 24.1 Å². The van der Waals surface area contributed by atoms with Gasteiger partial charge in [0.05, 0.1) is 0 Å². The van der Waals surface area contributed by atoms with Crippen LogP contribution in [0.5, 0.6) is 0 Å². The molecule has 0 saturated carbocycles. The highest BCUT2D eigenvalue weighted by atomic mass is 32.2. The van der Waals surface area contributed by atoms with Gasteiger partial charge >= 0.3 is 11.9 Å². The molecular formula is C4H5F3NOS. The van der Waals surface area contributed by atoms with Crippen molar-refractivity contribution in [1.82, 2.24) is 5.32 Å². The standard InChI is InChI=1S/C4H5F3NOS/c5-4(6,7)10-2-1-8-3-9/h1-2H2,(H,8,9). The first-order valence-electron chi connectivity index (χ1n) is 2.37. The van der Waals surface area contributed by atoms with Crippen LogP contribution in [-0.2, 0) is 4.79 Å². The predicted octanol–water partition coefficient (Wildman–Crippen LogP) is 0.896. The van der Waals surface area contributed by atoms with Crippen molar-refractivity contribution in [2.45, 2.75) is 5.51 Å². The van der Waals surface area contributed by atoms with Gasteiger partial charge in [-0.05, 0) is 11.8 Å². The molecule has 0 spiro atoms. The van der Waals surface area contributed by atoms with Gasteiger partial charge in [0, 0.05) is 12.3 Å². The summed E-state index contributed by atoms with van der Waals surface area (Å²) in [5.74, 6) is -0.168. The monoisotopic (exact) mass is 172 g/mol. The number of carbonyl (C=O) groups excluding carboxylic acids is 1. The van der Waals surface area contributed by atoms with Crippen LogP contribution in [0.4, 0.5) is 13.2 Å². The first-order chi connectivity index (χ1) is 4.56. The molecule has 0 aliphatic heterocycles. The summed E-state index contributed by atoms with van der Waals surface area (Å²) in [6.45, 7) is -0.00627. The average Bonchev–Trinajstić information content (AvgIpc) is 1.78. The third-order valence-corrected chi connectivity index (χ3v) is 1.30. The summed E-state index contributed by atoms with van der Waals surface area (Å²) in [7, 11) is 0. The average molecular weight is 172 g/mol. The quantitative estimate of drug-likeness (QED) is 0.504. The SMILES string of the molecule is O=[C]NCCSC(F)(F)F. The van der Waals surface area contributed by atoms with E-state index in [1.165, 1.54) is 6.41 Å². The Morgan fingerprint density at radius 1 is 1.50 bits per heavy atom. The molecular weight excluding hydrogens is 167 g/mol. The molecule has 0 bridgehead atoms. The van der Waals surface area contributed by atoms with Crippen molar-refractivity contribution >= 4 is 18.2 Å². The fourth-order valence-corrected chi connectivity index (χ4v) is 0.704. The zero-order valence-electron chi connectivity index (χ0n) is 4.86. The Hall–Kier alpha value is -0.390. The predicted molar refractivity (Wildman–Crippen MR) is 32.2 cm³/mol. The third-order valence-electron chi connectivity index (χ3n) is 0.565. The summed E-state index contributed by atoms with van der Waals surface area (Å²) >= 11 is -0.168. The van der Waals surface area contributed by atoms with E-state index in [0.29, 0.717) is 0 Å². The Morgan fingerprint density at radius 2 is 2.10 bits per heavy atom. The molecule has 2 nitrogen and oxygen atoms in total. The molecule has 0 heterocycles. The Bertz CT molecular complexity index is 105. The maximum atomic E-state index is 11.3. The molecule has 0 aliphatic carbocycles. The lowest BCUT2D eigenvalue weighted by atomic mass is 10.8. The summed E-state index contributed by atoms with van der Waals surface area (Å²) in [6, 6.07) is 0. The van der Waals surface area contributed by atoms with Gasteiger partial charge < -0.3 is 5.32 Å². The van der Waals surface area contributed by atoms with Gasteiger partial charge in [-0.2, -0.15) is 13.2 Å². The summed E-state index contributed by atoms with van der Waals surface area (Å²) in [6.07, 6.45) is 1.27. The first-order valence-corrected chi connectivity index (χ1v) is 3.35. The van der Waals surface area contributed by atoms with Crippen LogP contribution in [0, 0.1) is 0 Å². The van der Waals surface area contributed by atoms with E-state index in [2.05, 4.69) is 0 Å². The summed E-state index contributed by atoms with van der Waals surface area (Å²) in [5, 5.41) is 1.99. The highest BCUT2D eigenvalue weighted by Gasteiger charge is 2.27. The van der Waals surface area contributed by atoms with Crippen LogP contribution in [0.25, 0.3) is 0 Å². The fraction of sp³-hybridized carbons (Fsp3) is 0.750. The van der Waals surface area contributed by atoms with Gasteiger partial charge in [0.25, 0.3) is 0 Å². The van der Waals surface area contributed by atoms with Gasteiger partial charge in [0.2, 0.25) is 0 Å². The largest absolute Gasteiger partial charge is 0.441 e. The molecule has 1 amide bonds. The van der Waals surface area contributed by atoms with Crippen LogP contribution in [0.1, 0.15) is 0 Å². The number of nitrogens with one attached hydrogen (secondary N) is 1. The molecule has 0 saturated heterocycles. The van der Waals surface area contributed by atoms with Crippen molar-refractivity contribution in [2.75, 3.05) is 12.3 Å². The van der Waals surface area contributed by atoms with Crippen molar-refractivity contribution in [3.63, 3.8) is 0 Å². The van der Waals surface area contributed by atoms with Crippen molar-refractivity contribution in [3.05, 3.63) is 0 Å². The highest BCUT2D eigenvalue weighted by molar-refractivity contribution is 8.00. The Balaban J connectivity index is 3.12. The van der Waals surface area contributed by atoms with Crippen LogP contribution in [0.15, 0.2) is 0 Å². The zero-order valence-corrected chi connectivity index (χ0v) is 5.68. The Labute approximate surface area is 60.2 Å². The van der Waals surface area contributed by atoms with E-state index < -0.39 is 5.51 Å². The topological polar surface area (TPSA) is 29.1 Å². The maximum absolute atomic E-state index is 11.3. The van der Waals surface area contributed by atoms with Gasteiger partial charge in [0.1, 0.15) is 0 Å². The molecule has 0 aromatic heterocycles. The van der Waals surface area contributed by atoms with E-state index in [1.807, 2.05) is 5.32 Å². The molecule has 0 fully saturated rings. The number of halogens is 3. The molecule has 0 aromatic rings. The number of amides is 1. The van der Waals surface area contributed by atoms with E-state index in [4.69, 9.17) is 0 Å². The number of hydrogen-bond donors (Lipinski definition) is 1. The van der Waals surface area contributed by atoms with Gasteiger partial charge in [-0.25, -0.2) is 0 Å². The van der Waals surface area contributed by atoms with Gasteiger partial charge in [-0.3, -0.25) is 4.79 Å². The molecule has 1 N–H and O–H groups in total. The smallest absolute Gasteiger partial charge is 0.347 e. The summed E-state index contributed by atoms with van der Waals surface area (Å²) < 4.78 is 34.0. The van der Waals surface area contributed by atoms with E-state index in [0.717, 1.165) is 0 Å². The normalized spacial score (nSPS) is 11.1. The molecule has 10 heavy (non-hydrogen) atoms. The molecule has 0 aliphatic rings. The fourth-order valence-electron chi connectivity index (χ4n) is 0.269. The number of thioether (sulfide) groups is 1. The summed E-state index contributed by atoms with van der Waals surface area (Å²) in [4.78, 5) is 9.40. The zero-order chi connectivity index (χ0) is 8.04. The Kier molecular flexibility index (Phi) is 4.26. The van der Waals surface area contributed by atoms with E-state index >= 15 is 0 Å². The second-order valence-electron chi connectivity index (χ2n) is 1.32. The van der Waals surface area contributed by atoms with Crippen molar-refractivity contribution in [3.8, 4) is 0 Å². The van der Waals surface area contributed by atoms with Gasteiger partial charge in [-0.1, -0.05) is 0 Å². The molecule has 0 unspecified atom stereocenters. The molecule has 0 aromatic carbocycles. The second kappa shape index (κ2) is 4.43. The molecule has 1 radical (unpaired) electrons. The molecule has 0 atom stereocenters. The van der Waals surface area contributed by atoms with E-state index in [9.17, 15) is 18.0 Å². The lowest BCUT2D eigenvalue weighted by molar-refractivity contribution is -0.0327. The van der Waals surface area contributed by atoms with Crippen LogP contribution < -0.4 is 5.32 Å². The van der Waals surface area contributed by atoms with Crippen LogP contribution in [0.2, 0.25) is 0 Å². The number of hydrogen-bond acceptors (Lipinski definition) is 2. The lowest BCUT2D eigenvalue weighted by Crippen LogP contribution is -2.16. The third kappa shape index (κ3) is 7.61. The lowest BCUT2D eigenvalue weighted by Gasteiger charge is -2.03. The summed E-state index contributed by atoms with van der Waals surface area (Å²) in [5.41, 5.74) is -4.20. The molecule has 0 rings (SSSR count). The van der Waals surface area contributed by atoms with Crippen molar-refractivity contribution < 1.29 is 18.0 Å². The maximum Gasteiger partial charge on any atom is 0.441 e. The van der Waals surface area contributed by atoms with Crippen molar-refractivity contribution in [2.24, 2.45) is 0 Å². The first kappa shape index (κ1) is 9.61. The number of rotatable bonds is 4. The van der Waals surface area contributed by atoms with E-state index in [1.54, 1.807) is 0 Å². The minimum Gasteiger partial charge on any atom is -0.347 e. The highest BCUT2D eigenvalue weighted by Crippen LogP contribution is 2.29. The molecule has 6 heteroatoms. The van der Waals surface area contributed by atoms with Crippen LogP contribution in [0.3, 0.4) is 0 Å². The number of alkyl halides is 3. The van der Waals surface area contributed by atoms with Gasteiger partial charge in [0.15, 0.2) is 0 Å². The Morgan fingerprint density at radius 3 is 2.50 bits per heavy atom. The molecule has 59 valence electrons. The second-order valence-corrected chi connectivity index (χ2v) is 2.48. The van der Waals surface area contributed by atoms with Crippen LogP contribution in [-0.4, -0.2) is 24.2 Å². The van der Waals surface area contributed by atoms with Crippen LogP contribution >= 0.6 is 11.8 Å². The minimum absolute atomic E-state index is 0.00627. The van der Waals surface area contributed by atoms with Gasteiger partial charge in [-0.15, -0.1) is 0 Å².